The number of fused-ring (bicyclic) bond motifs is 9. The molecule has 0 saturated heterocycles. The van der Waals surface area contributed by atoms with Crippen LogP contribution in [-0.4, -0.2) is 9.13 Å². The zero-order valence-electron chi connectivity index (χ0n) is 51.0. The van der Waals surface area contributed by atoms with E-state index >= 15 is 0 Å². The molecule has 18 rings (SSSR count). The van der Waals surface area contributed by atoms with E-state index in [1.165, 1.54) is 161 Å². The maximum Gasteiger partial charge on any atom is 0.0719 e. The molecule has 0 unspecified atom stereocenters. The van der Waals surface area contributed by atoms with Gasteiger partial charge in [-0.1, -0.05) is 303 Å². The second-order valence-corrected chi connectivity index (χ2v) is 24.7. The molecule has 93 heavy (non-hydrogen) atoms. The van der Waals surface area contributed by atoms with Gasteiger partial charge < -0.3 is 9.13 Å². The van der Waals surface area contributed by atoms with Crippen LogP contribution in [0.25, 0.3) is 144 Å². The zero-order valence-corrected chi connectivity index (χ0v) is 51.0. The summed E-state index contributed by atoms with van der Waals surface area (Å²) in [6.45, 7) is 0. The second-order valence-electron chi connectivity index (χ2n) is 24.7. The van der Waals surface area contributed by atoms with Gasteiger partial charge in [-0.25, -0.2) is 0 Å². The lowest BCUT2D eigenvalue weighted by atomic mass is 9.65. The molecule has 0 radical (unpaired) electrons. The highest BCUT2D eigenvalue weighted by Gasteiger charge is 2.47. The minimum Gasteiger partial charge on any atom is -0.309 e. The van der Waals surface area contributed by atoms with E-state index in [0.29, 0.717) is 0 Å². The Hall–Kier alpha value is -12.1. The smallest absolute Gasteiger partial charge is 0.0719 e. The highest BCUT2D eigenvalue weighted by Crippen LogP contribution is 2.58. The number of hydrogen-bond donors (Lipinski definition) is 0. The van der Waals surface area contributed by atoms with Crippen LogP contribution in [0, 0.1) is 0 Å². The number of hydrogen-bond acceptors (Lipinski definition) is 0. The number of aromatic nitrogens is 2. The van der Waals surface area contributed by atoms with Gasteiger partial charge in [0.05, 0.1) is 33.2 Å². The Balaban J connectivity index is 0.633. The van der Waals surface area contributed by atoms with Gasteiger partial charge in [-0.3, -0.25) is 0 Å². The molecule has 17 aromatic rings. The van der Waals surface area contributed by atoms with Gasteiger partial charge in [0.15, 0.2) is 0 Å². The van der Waals surface area contributed by atoms with Crippen molar-refractivity contribution in [3.8, 4) is 100 Å². The monoisotopic (exact) mass is 1180 g/mol. The highest BCUT2D eigenvalue weighted by molar-refractivity contribution is 6.13. The van der Waals surface area contributed by atoms with E-state index in [-0.39, 0.29) is 0 Å². The van der Waals surface area contributed by atoms with Gasteiger partial charge in [-0.05, 0) is 166 Å². The Morgan fingerprint density at radius 1 is 0.183 bits per heavy atom. The number of rotatable bonds is 11. The Morgan fingerprint density at radius 2 is 0.516 bits per heavy atom. The molecule has 0 aliphatic heterocycles. The third kappa shape index (κ3) is 8.86. The molecule has 0 spiro atoms. The van der Waals surface area contributed by atoms with E-state index in [0.717, 1.165) is 5.69 Å². The van der Waals surface area contributed by atoms with E-state index < -0.39 is 5.41 Å². The summed E-state index contributed by atoms with van der Waals surface area (Å²) >= 11 is 0. The average molecular weight is 1180 g/mol. The van der Waals surface area contributed by atoms with Crippen molar-refractivity contribution in [3.63, 3.8) is 0 Å². The van der Waals surface area contributed by atoms with Gasteiger partial charge in [-0.2, -0.15) is 0 Å². The van der Waals surface area contributed by atoms with E-state index in [2.05, 4.69) is 373 Å². The molecule has 0 saturated carbocycles. The Kier molecular flexibility index (Phi) is 12.8. The predicted octanol–water partition coefficient (Wildman–Crippen LogP) is 23.9. The first-order valence-electron chi connectivity index (χ1n) is 32.2. The maximum atomic E-state index is 2.44. The molecule has 2 heterocycles. The molecule has 2 heteroatoms. The summed E-state index contributed by atoms with van der Waals surface area (Å²) in [5, 5.41) is 4.95. The van der Waals surface area contributed by atoms with Crippen LogP contribution in [0.3, 0.4) is 0 Å². The summed E-state index contributed by atoms with van der Waals surface area (Å²) in [5.74, 6) is 0. The first kappa shape index (κ1) is 53.9. The number of para-hydroxylation sites is 3. The van der Waals surface area contributed by atoms with Gasteiger partial charge in [0, 0.05) is 32.8 Å². The fourth-order valence-electron chi connectivity index (χ4n) is 15.3. The molecule has 0 atom stereocenters. The first-order valence-corrected chi connectivity index (χ1v) is 32.2. The van der Waals surface area contributed by atoms with Crippen molar-refractivity contribution in [3.05, 3.63) is 386 Å². The standard InChI is InChI=1S/C91H60N2/c1-3-20-61(21-4-1)62-46-48-69(49-47-62)75-26-7-13-32-83(75)91(84-33-14-8-28-77(84)78-29-9-15-34-85(78)91)73-25-19-24-70(58-73)67-44-42-64(43-45-67)63-38-40-65(41-39-63)66-50-54-74(55-51-66)92-87-36-17-11-30-79(87)81-59-71(52-56-89(81)92)72-53-57-90-82(60-72)80-31-12-18-37-88(80)93(90)86-35-16-10-27-76(86)68-22-5-2-6-23-68/h1-60H. The van der Waals surface area contributed by atoms with Crippen LogP contribution in [0.5, 0.6) is 0 Å². The van der Waals surface area contributed by atoms with Gasteiger partial charge in [0.1, 0.15) is 0 Å². The molecule has 1 aliphatic rings. The molecule has 0 fully saturated rings. The number of benzene rings is 15. The lowest BCUT2D eigenvalue weighted by Crippen LogP contribution is -2.29. The maximum absolute atomic E-state index is 2.44. The summed E-state index contributed by atoms with van der Waals surface area (Å²) in [5.41, 5.74) is 30.9. The molecule has 0 N–H and O–H groups in total. The normalized spacial score (nSPS) is 12.4. The lowest BCUT2D eigenvalue weighted by Gasteiger charge is -2.36. The fourth-order valence-corrected chi connectivity index (χ4v) is 15.3. The molecule has 2 nitrogen and oxygen atoms in total. The zero-order chi connectivity index (χ0) is 61.4. The molecule has 434 valence electrons. The van der Waals surface area contributed by atoms with Crippen molar-refractivity contribution in [2.75, 3.05) is 0 Å². The fraction of sp³-hybridized carbons (Fsp3) is 0.0110. The second kappa shape index (κ2) is 22.1. The summed E-state index contributed by atoms with van der Waals surface area (Å²) in [6.07, 6.45) is 0. The topological polar surface area (TPSA) is 9.86 Å². The van der Waals surface area contributed by atoms with Crippen LogP contribution >= 0.6 is 0 Å². The summed E-state index contributed by atoms with van der Waals surface area (Å²) in [7, 11) is 0. The predicted molar refractivity (Wildman–Crippen MR) is 390 cm³/mol. The van der Waals surface area contributed by atoms with Crippen LogP contribution in [-0.2, 0) is 5.41 Å². The van der Waals surface area contributed by atoms with E-state index in [9.17, 15) is 0 Å². The third-order valence-corrected chi connectivity index (χ3v) is 19.7. The Morgan fingerprint density at radius 3 is 1.06 bits per heavy atom. The summed E-state index contributed by atoms with van der Waals surface area (Å²) < 4.78 is 4.85. The Labute approximate surface area is 541 Å². The minimum absolute atomic E-state index is 0.572. The van der Waals surface area contributed by atoms with Crippen LogP contribution in [0.4, 0.5) is 0 Å². The molecule has 15 aromatic carbocycles. The minimum atomic E-state index is -0.572. The van der Waals surface area contributed by atoms with Crippen LogP contribution in [0.15, 0.2) is 364 Å². The van der Waals surface area contributed by atoms with Crippen molar-refractivity contribution >= 4 is 43.6 Å². The van der Waals surface area contributed by atoms with E-state index in [1.54, 1.807) is 0 Å². The molecular formula is C91H60N2. The van der Waals surface area contributed by atoms with Crippen LogP contribution in [0.1, 0.15) is 22.3 Å². The van der Waals surface area contributed by atoms with Crippen molar-refractivity contribution in [2.24, 2.45) is 0 Å². The molecule has 0 amide bonds. The van der Waals surface area contributed by atoms with Crippen molar-refractivity contribution in [1.29, 1.82) is 0 Å². The van der Waals surface area contributed by atoms with E-state index in [1.807, 2.05) is 0 Å². The van der Waals surface area contributed by atoms with Crippen LogP contribution < -0.4 is 0 Å². The SMILES string of the molecule is c1ccc(-c2ccc(-c3ccccc3C3(c4cccc(-c5ccc(-c6ccc(-c7ccc(-n8c9ccccc9c9cc(-c%10ccc%11c(c%10)c%10ccccc%10n%11-c%10ccccc%10-c%10ccccc%10)ccc98)cc7)cc6)cc5)c4)c4ccccc4-c4ccccc43)cc2)cc1. The molecule has 2 aromatic heterocycles. The van der Waals surface area contributed by atoms with Crippen molar-refractivity contribution < 1.29 is 0 Å². The molecular weight excluding hydrogens is 1120 g/mol. The number of nitrogens with zero attached hydrogens (tertiary/aromatic N) is 2. The molecule has 0 bridgehead atoms. The van der Waals surface area contributed by atoms with Crippen molar-refractivity contribution in [1.82, 2.24) is 9.13 Å². The van der Waals surface area contributed by atoms with Gasteiger partial charge in [0.2, 0.25) is 0 Å². The van der Waals surface area contributed by atoms with E-state index in [4.69, 9.17) is 0 Å². The van der Waals surface area contributed by atoms with Gasteiger partial charge >= 0.3 is 0 Å². The largest absolute Gasteiger partial charge is 0.309 e. The Bertz CT molecular complexity index is 5650. The first-order chi connectivity index (χ1) is 46.1. The lowest BCUT2D eigenvalue weighted by molar-refractivity contribution is 0.771. The highest BCUT2D eigenvalue weighted by atomic mass is 15.0. The van der Waals surface area contributed by atoms with Crippen LogP contribution in [0.2, 0.25) is 0 Å². The van der Waals surface area contributed by atoms with Gasteiger partial charge in [0.25, 0.3) is 0 Å². The quantitative estimate of drug-likeness (QED) is 0.122. The summed E-state index contributed by atoms with van der Waals surface area (Å²) in [4.78, 5) is 0. The third-order valence-electron chi connectivity index (χ3n) is 19.7. The van der Waals surface area contributed by atoms with Gasteiger partial charge in [-0.15, -0.1) is 0 Å². The summed E-state index contributed by atoms with van der Waals surface area (Å²) in [6, 6.07) is 135. The van der Waals surface area contributed by atoms with Crippen molar-refractivity contribution in [2.45, 2.75) is 5.41 Å². The average Bonchev–Trinajstić information content (AvgIpc) is 1.60. The molecule has 1 aliphatic carbocycles.